The Labute approximate surface area is 903 Å². The van der Waals surface area contributed by atoms with Crippen molar-refractivity contribution in [1.82, 2.24) is 30.2 Å². The topological polar surface area (TPSA) is 169 Å². The van der Waals surface area contributed by atoms with E-state index in [1.165, 1.54) is 74.8 Å². The zero-order valence-electron chi connectivity index (χ0n) is 83.2. The first-order valence-corrected chi connectivity index (χ1v) is 55.3. The Morgan fingerprint density at radius 3 is 0.787 bits per heavy atom. The summed E-state index contributed by atoms with van der Waals surface area (Å²) in [6.07, 6.45) is 1.26. The van der Waals surface area contributed by atoms with Gasteiger partial charge in [0.15, 0.2) is 5.15 Å². The molecule has 0 spiro atoms. The maximum absolute atomic E-state index is 12.6. The number of nitrogens with one attached hydrogen (secondary N) is 2. The van der Waals surface area contributed by atoms with Gasteiger partial charge in [-0.1, -0.05) is 492 Å². The molecule has 20 aromatic rings. The van der Waals surface area contributed by atoms with Crippen molar-refractivity contribution in [2.45, 2.75) is 71.0 Å². The first kappa shape index (κ1) is 110. The molecule has 2 N–H and O–H groups in total. The van der Waals surface area contributed by atoms with Gasteiger partial charge in [0, 0.05) is 74.8 Å². The predicted octanol–water partition coefficient (Wildman–Crippen LogP) is 24.5. The van der Waals surface area contributed by atoms with Crippen LogP contribution in [0, 0.1) is 0 Å². The van der Waals surface area contributed by atoms with Crippen molar-refractivity contribution in [2.24, 2.45) is 0 Å². The summed E-state index contributed by atoms with van der Waals surface area (Å²) >= 11 is 5.75. The van der Waals surface area contributed by atoms with Crippen LogP contribution in [0.5, 0.6) is 11.5 Å². The van der Waals surface area contributed by atoms with Gasteiger partial charge in [-0.05, 0) is 201 Å². The van der Waals surface area contributed by atoms with E-state index in [0.29, 0.717) is 76.5 Å². The Bertz CT molecular complexity index is 6800. The number of hydrogen-bond acceptors (Lipinski definition) is 10. The monoisotopic (exact) mass is 2150 g/mol. The van der Waals surface area contributed by atoms with E-state index in [0.717, 1.165) is 29.3 Å². The molecule has 3 aliphatic rings. The van der Waals surface area contributed by atoms with E-state index in [9.17, 15) is 19.2 Å². The zero-order valence-corrected chi connectivity index (χ0v) is 89.1. The van der Waals surface area contributed by atoms with E-state index in [2.05, 4.69) is 409 Å². The smallest absolute Gasteiger partial charge is 0.410 e. The van der Waals surface area contributed by atoms with Gasteiger partial charge in [0.2, 0.25) is 0 Å². The molecule has 0 aliphatic carbocycles. The molecule has 0 saturated carbocycles. The van der Waals surface area contributed by atoms with E-state index < -0.39 is 38.8 Å². The Balaban J connectivity index is 0.000000133. The second-order valence-electron chi connectivity index (χ2n) is 36.3. The van der Waals surface area contributed by atoms with Gasteiger partial charge in [-0.2, -0.15) is 10.2 Å². The average Bonchev–Trinajstić information content (AvgIpc) is 1.60. The molecule has 3 fully saturated rings. The number of carbonyl (C=O) groups excluding carboxylic acids is 2. The SMILES string of the molecule is C.CC1(C)OB(c2ccc(OC(=O)N3CCC(c4ccccc4)C3)cc2)OC1(C)C.O=C(Oc1ccc(-c2n[nH]c(=O)c3ccccc23)cc1)N1CCC(c2ccccc2)C1.O=c1[nH]nc(Cl)c2ccccc12.[Pd].c1ccc(P(c2ccccc2)c2ccccc2)cc1.c1ccc(P(c2ccccc2)c2ccccc2)cc1.c1ccc(P(c2ccccc2)c2ccccc2)cc1.c1ccc(P(c2ccccc2)c2ccccc2)cc1. The molecule has 0 bridgehead atoms. The summed E-state index contributed by atoms with van der Waals surface area (Å²) in [6, 6.07) is 179. The summed E-state index contributed by atoms with van der Waals surface area (Å²) in [6.45, 7) is 10.9. The number of ether oxygens (including phenoxy) is 2. The van der Waals surface area contributed by atoms with E-state index in [4.69, 9.17) is 30.4 Å². The predicted molar refractivity (Wildman–Crippen MR) is 627 cm³/mol. The molecule has 150 heavy (non-hydrogen) atoms. The Morgan fingerprint density at radius 2 is 0.527 bits per heavy atom. The summed E-state index contributed by atoms with van der Waals surface area (Å²) in [5.41, 5.74) is 3.75. The minimum Gasteiger partial charge on any atom is -0.410 e. The van der Waals surface area contributed by atoms with E-state index in [1.807, 2.05) is 113 Å². The van der Waals surface area contributed by atoms with Crippen molar-refractivity contribution in [2.75, 3.05) is 26.2 Å². The number of nitrogens with zero attached hydrogens (tertiary/aromatic N) is 4. The number of hydrogen-bond donors (Lipinski definition) is 2. The maximum atomic E-state index is 12.6. The number of halogens is 1. The van der Waals surface area contributed by atoms with Gasteiger partial charge in [-0.15, -0.1) is 0 Å². The van der Waals surface area contributed by atoms with Crippen LogP contribution in [-0.4, -0.2) is 86.9 Å². The van der Waals surface area contributed by atoms with Crippen molar-refractivity contribution in [1.29, 1.82) is 0 Å². The molecule has 5 heterocycles. The fraction of sp³-hybridized carbons (Fsp3) is 0.116. The molecule has 0 radical (unpaired) electrons. The molecule has 21 heteroatoms. The summed E-state index contributed by atoms with van der Waals surface area (Å²) in [7, 11) is -2.21. The van der Waals surface area contributed by atoms with Crippen LogP contribution in [0.25, 0.3) is 32.8 Å². The molecule has 3 aliphatic heterocycles. The van der Waals surface area contributed by atoms with Gasteiger partial charge in [0.25, 0.3) is 11.1 Å². The first-order chi connectivity index (χ1) is 72.5. The van der Waals surface area contributed by atoms with Gasteiger partial charge in [0.1, 0.15) is 11.5 Å². The van der Waals surface area contributed by atoms with Gasteiger partial charge in [-0.25, -0.2) is 19.8 Å². The fourth-order valence-electron chi connectivity index (χ4n) is 17.7. The van der Waals surface area contributed by atoms with Crippen molar-refractivity contribution in [3.63, 3.8) is 0 Å². The Morgan fingerprint density at radius 1 is 0.307 bits per heavy atom. The van der Waals surface area contributed by atoms with E-state index in [1.54, 1.807) is 58.3 Å². The summed E-state index contributed by atoms with van der Waals surface area (Å²) in [4.78, 5) is 51.8. The summed E-state index contributed by atoms with van der Waals surface area (Å²) in [5.74, 6) is 1.72. The Hall–Kier alpha value is -14.6. The number of fused-ring (bicyclic) bond motifs is 2. The molecule has 752 valence electrons. The fourth-order valence-corrected chi connectivity index (χ4v) is 27.1. The van der Waals surface area contributed by atoms with Crippen molar-refractivity contribution >= 4 is 153 Å². The molecular formula is C129H118BClN6O8P4Pd. The van der Waals surface area contributed by atoms with Gasteiger partial charge in [-0.3, -0.25) is 9.59 Å². The molecule has 2 atom stereocenters. The number of amides is 2. The zero-order chi connectivity index (χ0) is 102. The maximum Gasteiger partial charge on any atom is 0.494 e. The number of H-pyrrole nitrogens is 2. The van der Waals surface area contributed by atoms with Crippen LogP contribution in [0.2, 0.25) is 5.15 Å². The number of rotatable bonds is 18. The van der Waals surface area contributed by atoms with Crippen LogP contribution in [0.1, 0.15) is 70.9 Å². The normalized spacial score (nSPS) is 13.9. The minimum atomic E-state index is -0.446. The van der Waals surface area contributed by atoms with Crippen LogP contribution in [0.4, 0.5) is 9.59 Å². The largest absolute Gasteiger partial charge is 0.494 e. The quantitative estimate of drug-likeness (QED) is 0.0623. The van der Waals surface area contributed by atoms with Crippen molar-refractivity contribution < 1.29 is 48.8 Å². The number of benzene rings is 18. The summed E-state index contributed by atoms with van der Waals surface area (Å²) < 4.78 is 23.3. The standard InChI is InChI=1S/C25H21N3O3.C23H28BNO4.4C18H15P.C8H5ClN2O.CH4.Pd/c29-24-22-9-5-4-8-21(22)23(26-27-24)18-10-12-20(13-11-18)31-25(30)28-15-14-19(16-28)17-6-2-1-3-7-17;1-22(2)23(3,4)29-24(28-22)19-10-12-20(13-11-19)27-21(26)25-15-14-18(16-25)17-8-6-5-7-9-17;4*1-4-10-16(11-5-1)19(17-12-6-2-7-13-17)18-14-8-3-9-15-18;9-7-5-3-1-2-4-6(5)8(12)11-10-7;;/h1-13,19H,14-16H2,(H,27,29);5-13,18H,14-16H2,1-4H3;4*1-15H;1-4H,(H,11,12);1H4;. The average molecular weight is 2160 g/mol. The third-order valence-corrected chi connectivity index (χ3v) is 36.0. The molecule has 2 aromatic heterocycles. The second-order valence-corrected chi connectivity index (χ2v) is 45.5. The second kappa shape index (κ2) is 55.1. The third kappa shape index (κ3) is 29.3. The van der Waals surface area contributed by atoms with E-state index >= 15 is 0 Å². The molecule has 2 amide bonds. The first-order valence-electron chi connectivity index (χ1n) is 49.5. The molecule has 23 rings (SSSR count). The van der Waals surface area contributed by atoms with Crippen LogP contribution >= 0.6 is 43.3 Å². The molecule has 3 saturated heterocycles. The van der Waals surface area contributed by atoms with Crippen molar-refractivity contribution in [3.05, 3.63) is 559 Å². The van der Waals surface area contributed by atoms with Crippen LogP contribution in [-0.2, 0) is 29.7 Å². The number of aromatic nitrogens is 4. The molecular weight excluding hydrogens is 2040 g/mol. The van der Waals surface area contributed by atoms with Crippen LogP contribution in [0.3, 0.4) is 0 Å². The molecule has 14 nitrogen and oxygen atoms in total. The van der Waals surface area contributed by atoms with Crippen molar-refractivity contribution in [3.8, 4) is 22.8 Å². The van der Waals surface area contributed by atoms with Gasteiger partial charge >= 0.3 is 19.3 Å². The Kier molecular flexibility index (Phi) is 40.3. The van der Waals surface area contributed by atoms with Gasteiger partial charge in [0.05, 0.1) is 27.7 Å². The number of likely N-dealkylation sites (tertiary alicyclic amines) is 2. The van der Waals surface area contributed by atoms with Gasteiger partial charge < -0.3 is 28.6 Å². The third-order valence-electron chi connectivity index (χ3n) is 25.9. The van der Waals surface area contributed by atoms with Crippen LogP contribution in [0.15, 0.2) is 531 Å². The summed E-state index contributed by atoms with van der Waals surface area (Å²) in [5, 5.41) is 32.4. The van der Waals surface area contributed by atoms with E-state index in [-0.39, 0.29) is 62.4 Å². The number of aromatic amines is 2. The molecule has 2 unspecified atom stereocenters. The number of carbonyl (C=O) groups is 2. The molecule has 18 aromatic carbocycles. The minimum absolute atomic E-state index is 0. The van der Waals surface area contributed by atoms with Crippen LogP contribution < -0.4 is 89.7 Å².